The van der Waals surface area contributed by atoms with Crippen molar-refractivity contribution >= 4 is 11.9 Å². The fourth-order valence-corrected chi connectivity index (χ4v) is 2.85. The number of likely N-dealkylation sites (tertiary alicyclic amines) is 1. The van der Waals surface area contributed by atoms with Crippen molar-refractivity contribution in [3.05, 3.63) is 23.8 Å². The lowest BCUT2D eigenvalue weighted by Gasteiger charge is -2.23. The molecule has 22 heavy (non-hydrogen) atoms. The van der Waals surface area contributed by atoms with Gasteiger partial charge in [-0.05, 0) is 31.0 Å². The Morgan fingerprint density at radius 2 is 1.95 bits per heavy atom. The average molecular weight is 305 g/mol. The molecule has 1 fully saturated rings. The van der Waals surface area contributed by atoms with Gasteiger partial charge in [-0.15, -0.1) is 0 Å². The molecule has 1 saturated heterocycles. The Morgan fingerprint density at radius 1 is 1.18 bits per heavy atom. The summed E-state index contributed by atoms with van der Waals surface area (Å²) in [5.41, 5.74) is 0.500. The van der Waals surface area contributed by atoms with E-state index in [1.807, 2.05) is 0 Å². The van der Waals surface area contributed by atoms with Crippen LogP contribution in [0.15, 0.2) is 18.2 Å². The molecule has 0 saturated carbocycles. The molecular formula is C16H19NO5. The number of carbonyl (C=O) groups excluding carboxylic acids is 2. The lowest BCUT2D eigenvalue weighted by atomic mass is 10.1. The lowest BCUT2D eigenvalue weighted by molar-refractivity contribution is -0.145. The standard InChI is InChI=1S/C16H19NO5/c1-20-16(19)12-4-2-7-17(12)15(18)11-5-6-13-14(10-11)22-9-3-8-21-13/h5-6,10,12H,2-4,7-9H2,1H3. The summed E-state index contributed by atoms with van der Waals surface area (Å²) in [7, 11) is 1.34. The van der Waals surface area contributed by atoms with Crippen LogP contribution in [0.4, 0.5) is 0 Å². The molecule has 0 N–H and O–H groups in total. The van der Waals surface area contributed by atoms with E-state index >= 15 is 0 Å². The first-order valence-corrected chi connectivity index (χ1v) is 7.49. The van der Waals surface area contributed by atoms with E-state index in [2.05, 4.69) is 0 Å². The topological polar surface area (TPSA) is 65.1 Å². The molecular weight excluding hydrogens is 286 g/mol. The number of ether oxygens (including phenoxy) is 3. The predicted molar refractivity (Wildman–Crippen MR) is 78.1 cm³/mol. The summed E-state index contributed by atoms with van der Waals surface area (Å²) in [6.45, 7) is 1.74. The van der Waals surface area contributed by atoms with Crippen LogP contribution in [0, 0.1) is 0 Å². The third kappa shape index (κ3) is 2.73. The summed E-state index contributed by atoms with van der Waals surface area (Å²) in [4.78, 5) is 26.0. The second-order valence-corrected chi connectivity index (χ2v) is 5.39. The largest absolute Gasteiger partial charge is 0.490 e. The summed E-state index contributed by atoms with van der Waals surface area (Å²) < 4.78 is 16.0. The Hall–Kier alpha value is -2.24. The van der Waals surface area contributed by atoms with Gasteiger partial charge in [0.25, 0.3) is 5.91 Å². The van der Waals surface area contributed by atoms with E-state index in [4.69, 9.17) is 14.2 Å². The minimum absolute atomic E-state index is 0.177. The Labute approximate surface area is 128 Å². The Morgan fingerprint density at radius 3 is 2.73 bits per heavy atom. The maximum absolute atomic E-state index is 12.7. The van der Waals surface area contributed by atoms with Crippen LogP contribution in [0.2, 0.25) is 0 Å². The maximum atomic E-state index is 12.7. The third-order valence-corrected chi connectivity index (χ3v) is 3.98. The van der Waals surface area contributed by atoms with Crippen LogP contribution >= 0.6 is 0 Å². The minimum atomic E-state index is -0.492. The van der Waals surface area contributed by atoms with E-state index in [0.717, 1.165) is 12.8 Å². The van der Waals surface area contributed by atoms with Crippen molar-refractivity contribution in [3.8, 4) is 11.5 Å². The number of carbonyl (C=O) groups is 2. The monoisotopic (exact) mass is 305 g/mol. The Balaban J connectivity index is 1.83. The molecule has 3 rings (SSSR count). The number of rotatable bonds is 2. The van der Waals surface area contributed by atoms with E-state index in [0.29, 0.717) is 43.2 Å². The normalized spacial score (nSPS) is 20.4. The molecule has 6 heteroatoms. The Kier molecular flexibility index (Phi) is 4.18. The van der Waals surface area contributed by atoms with Crippen molar-refractivity contribution < 1.29 is 23.8 Å². The zero-order valence-corrected chi connectivity index (χ0v) is 12.5. The number of hydrogen-bond donors (Lipinski definition) is 0. The van der Waals surface area contributed by atoms with Gasteiger partial charge in [0.1, 0.15) is 6.04 Å². The third-order valence-electron chi connectivity index (χ3n) is 3.98. The highest BCUT2D eigenvalue weighted by Crippen LogP contribution is 2.31. The van der Waals surface area contributed by atoms with E-state index in [9.17, 15) is 9.59 Å². The highest BCUT2D eigenvalue weighted by atomic mass is 16.5. The SMILES string of the molecule is COC(=O)C1CCCN1C(=O)c1ccc2c(c1)OCCCO2. The van der Waals surface area contributed by atoms with Crippen molar-refractivity contribution in [2.75, 3.05) is 26.9 Å². The molecule has 2 aliphatic heterocycles. The number of methoxy groups -OCH3 is 1. The molecule has 0 radical (unpaired) electrons. The van der Waals surface area contributed by atoms with E-state index < -0.39 is 6.04 Å². The molecule has 1 amide bonds. The van der Waals surface area contributed by atoms with Gasteiger partial charge < -0.3 is 19.1 Å². The van der Waals surface area contributed by atoms with E-state index in [-0.39, 0.29) is 11.9 Å². The number of hydrogen-bond acceptors (Lipinski definition) is 5. The number of fused-ring (bicyclic) bond motifs is 1. The number of nitrogens with zero attached hydrogens (tertiary/aromatic N) is 1. The van der Waals surface area contributed by atoms with Gasteiger partial charge in [0.05, 0.1) is 20.3 Å². The summed E-state index contributed by atoms with van der Waals surface area (Å²) in [5.74, 6) is 0.695. The zero-order chi connectivity index (χ0) is 15.5. The fourth-order valence-electron chi connectivity index (χ4n) is 2.85. The molecule has 0 bridgehead atoms. The zero-order valence-electron chi connectivity index (χ0n) is 12.5. The van der Waals surface area contributed by atoms with Crippen LogP contribution in [0.3, 0.4) is 0 Å². The van der Waals surface area contributed by atoms with Crippen LogP contribution in [0.5, 0.6) is 11.5 Å². The van der Waals surface area contributed by atoms with Gasteiger partial charge in [0.15, 0.2) is 11.5 Å². The van der Waals surface area contributed by atoms with Crippen LogP contribution in [-0.2, 0) is 9.53 Å². The second-order valence-electron chi connectivity index (χ2n) is 5.39. The van der Waals surface area contributed by atoms with Gasteiger partial charge in [0, 0.05) is 18.5 Å². The molecule has 6 nitrogen and oxygen atoms in total. The lowest BCUT2D eigenvalue weighted by Crippen LogP contribution is -2.41. The molecule has 1 atom stereocenters. The van der Waals surface area contributed by atoms with Crippen molar-refractivity contribution in [2.24, 2.45) is 0 Å². The minimum Gasteiger partial charge on any atom is -0.490 e. The summed E-state index contributed by atoms with van der Waals surface area (Å²) in [6, 6.07) is 4.66. The van der Waals surface area contributed by atoms with Crippen molar-refractivity contribution in [2.45, 2.75) is 25.3 Å². The smallest absolute Gasteiger partial charge is 0.328 e. The van der Waals surface area contributed by atoms with Crippen molar-refractivity contribution in [1.82, 2.24) is 4.90 Å². The van der Waals surface area contributed by atoms with Crippen LogP contribution in [-0.4, -0.2) is 49.7 Å². The van der Waals surface area contributed by atoms with Gasteiger partial charge in [-0.2, -0.15) is 0 Å². The molecule has 1 aromatic rings. The number of benzene rings is 1. The summed E-state index contributed by atoms with van der Waals surface area (Å²) in [6.07, 6.45) is 2.26. The van der Waals surface area contributed by atoms with E-state index in [1.165, 1.54) is 7.11 Å². The maximum Gasteiger partial charge on any atom is 0.328 e. The number of amides is 1. The first kappa shape index (κ1) is 14.7. The van der Waals surface area contributed by atoms with Crippen LogP contribution in [0.1, 0.15) is 29.6 Å². The highest BCUT2D eigenvalue weighted by Gasteiger charge is 2.35. The Bertz CT molecular complexity index is 586. The van der Waals surface area contributed by atoms with Crippen LogP contribution < -0.4 is 9.47 Å². The number of esters is 1. The van der Waals surface area contributed by atoms with E-state index in [1.54, 1.807) is 23.1 Å². The molecule has 0 spiro atoms. The molecule has 1 aromatic carbocycles. The molecule has 2 aliphatic rings. The predicted octanol–water partition coefficient (Wildman–Crippen LogP) is 1.63. The van der Waals surface area contributed by atoms with Crippen molar-refractivity contribution in [3.63, 3.8) is 0 Å². The van der Waals surface area contributed by atoms with Gasteiger partial charge in [0.2, 0.25) is 0 Å². The van der Waals surface area contributed by atoms with Gasteiger partial charge in [-0.3, -0.25) is 4.79 Å². The molecule has 0 aromatic heterocycles. The average Bonchev–Trinajstić information content (AvgIpc) is 2.91. The molecule has 118 valence electrons. The first-order valence-electron chi connectivity index (χ1n) is 7.49. The molecule has 0 aliphatic carbocycles. The second kappa shape index (κ2) is 6.25. The summed E-state index contributed by atoms with van der Waals surface area (Å²) >= 11 is 0. The van der Waals surface area contributed by atoms with Gasteiger partial charge >= 0.3 is 5.97 Å². The first-order chi connectivity index (χ1) is 10.7. The van der Waals surface area contributed by atoms with Gasteiger partial charge in [-0.25, -0.2) is 4.79 Å². The quantitative estimate of drug-likeness (QED) is 0.777. The van der Waals surface area contributed by atoms with Gasteiger partial charge in [-0.1, -0.05) is 0 Å². The van der Waals surface area contributed by atoms with Crippen LogP contribution in [0.25, 0.3) is 0 Å². The highest BCUT2D eigenvalue weighted by molar-refractivity contribution is 5.97. The van der Waals surface area contributed by atoms with Crippen molar-refractivity contribution in [1.29, 1.82) is 0 Å². The summed E-state index contributed by atoms with van der Waals surface area (Å²) in [5, 5.41) is 0. The fraction of sp³-hybridized carbons (Fsp3) is 0.500. The molecule has 1 unspecified atom stereocenters. The molecule has 2 heterocycles.